The number of hydrogen-bond acceptors (Lipinski definition) is 5. The maximum atomic E-state index is 12.5. The van der Waals surface area contributed by atoms with E-state index in [1.807, 2.05) is 66.6 Å². The molecule has 3 heterocycles. The van der Waals surface area contributed by atoms with Crippen LogP contribution in [-0.4, -0.2) is 38.8 Å². The Morgan fingerprint density at radius 1 is 1.06 bits per heavy atom. The summed E-state index contributed by atoms with van der Waals surface area (Å²) in [5.74, 6) is 2.09. The van der Waals surface area contributed by atoms with Gasteiger partial charge in [-0.25, -0.2) is 9.97 Å². The van der Waals surface area contributed by atoms with Crippen LogP contribution in [-0.2, 0) is 11.2 Å². The second-order valence-corrected chi connectivity index (χ2v) is 7.90. The molecule has 4 rings (SSSR count). The first kappa shape index (κ1) is 20.7. The van der Waals surface area contributed by atoms with Gasteiger partial charge in [0, 0.05) is 25.4 Å². The number of piperidine rings is 1. The predicted octanol–water partition coefficient (Wildman–Crippen LogP) is 4.42. The normalized spacial score (nSPS) is 14.7. The van der Waals surface area contributed by atoms with Crippen LogP contribution in [0.3, 0.4) is 0 Å². The molecule has 1 aliphatic heterocycles. The molecule has 1 aromatic carbocycles. The molecule has 31 heavy (non-hydrogen) atoms. The van der Waals surface area contributed by atoms with Crippen molar-refractivity contribution in [2.24, 2.45) is 5.92 Å². The van der Waals surface area contributed by atoms with Crippen LogP contribution in [0, 0.1) is 12.8 Å². The van der Waals surface area contributed by atoms with Gasteiger partial charge in [-0.15, -0.1) is 0 Å². The van der Waals surface area contributed by atoms with Crippen molar-refractivity contribution in [1.82, 2.24) is 19.9 Å². The molecule has 0 unspecified atom stereocenters. The summed E-state index contributed by atoms with van der Waals surface area (Å²) in [6, 6.07) is 13.8. The van der Waals surface area contributed by atoms with Crippen LogP contribution >= 0.6 is 0 Å². The lowest BCUT2D eigenvalue weighted by Crippen LogP contribution is -2.38. The van der Waals surface area contributed by atoms with Gasteiger partial charge in [0.2, 0.25) is 5.91 Å². The molecule has 1 fully saturated rings. The number of pyridine rings is 1. The minimum Gasteiger partial charge on any atom is -0.339 e. The summed E-state index contributed by atoms with van der Waals surface area (Å²) in [6.07, 6.45) is 11.8. The highest BCUT2D eigenvalue weighted by Crippen LogP contribution is 2.22. The first-order chi connectivity index (χ1) is 15.2. The molecule has 0 spiro atoms. The summed E-state index contributed by atoms with van der Waals surface area (Å²) in [5, 5.41) is 3.21. The maximum absolute atomic E-state index is 12.5. The number of nitrogens with one attached hydrogen (secondary N) is 1. The number of nitrogens with zero attached hydrogens (tertiary/aromatic N) is 4. The lowest BCUT2D eigenvalue weighted by atomic mass is 9.92. The molecule has 1 amide bonds. The van der Waals surface area contributed by atoms with Crippen LogP contribution in [0.1, 0.15) is 29.7 Å². The fraction of sp³-hybridized carbons (Fsp3) is 0.280. The van der Waals surface area contributed by atoms with E-state index in [9.17, 15) is 4.79 Å². The minimum absolute atomic E-state index is 0.0855. The third-order valence-electron chi connectivity index (χ3n) is 5.60. The second kappa shape index (κ2) is 9.98. The molecule has 1 saturated heterocycles. The van der Waals surface area contributed by atoms with Crippen LogP contribution in [0.25, 0.3) is 6.08 Å². The smallest absolute Gasteiger partial charge is 0.246 e. The number of rotatable bonds is 6. The van der Waals surface area contributed by atoms with E-state index in [0.717, 1.165) is 55.0 Å². The first-order valence-corrected chi connectivity index (χ1v) is 10.7. The Balaban J connectivity index is 1.25. The molecule has 6 heteroatoms. The minimum atomic E-state index is 0.0855. The van der Waals surface area contributed by atoms with Gasteiger partial charge in [0.05, 0.1) is 18.1 Å². The SMILES string of the molecule is Cc1cccnc1Nc1cnc(CC2CCN(C(=O)C=Cc3ccccc3)CC2)cn1. The summed E-state index contributed by atoms with van der Waals surface area (Å²) in [6.45, 7) is 3.58. The van der Waals surface area contributed by atoms with Gasteiger partial charge in [-0.1, -0.05) is 36.4 Å². The number of benzene rings is 1. The highest BCUT2D eigenvalue weighted by molar-refractivity contribution is 5.91. The Morgan fingerprint density at radius 2 is 1.87 bits per heavy atom. The quantitative estimate of drug-likeness (QED) is 0.606. The van der Waals surface area contributed by atoms with E-state index >= 15 is 0 Å². The predicted molar refractivity (Wildman–Crippen MR) is 123 cm³/mol. The van der Waals surface area contributed by atoms with Gasteiger partial charge in [-0.05, 0) is 55.4 Å². The Kier molecular flexibility index (Phi) is 6.67. The molecule has 0 atom stereocenters. The Morgan fingerprint density at radius 3 is 2.58 bits per heavy atom. The number of carbonyl (C=O) groups excluding carboxylic acids is 1. The zero-order valence-electron chi connectivity index (χ0n) is 17.7. The molecule has 3 aromatic rings. The van der Waals surface area contributed by atoms with Gasteiger partial charge < -0.3 is 10.2 Å². The van der Waals surface area contributed by atoms with Crippen molar-refractivity contribution in [2.45, 2.75) is 26.2 Å². The number of aromatic nitrogens is 3. The van der Waals surface area contributed by atoms with Crippen molar-refractivity contribution in [3.63, 3.8) is 0 Å². The van der Waals surface area contributed by atoms with E-state index in [4.69, 9.17) is 0 Å². The van der Waals surface area contributed by atoms with Crippen molar-refractivity contribution < 1.29 is 4.79 Å². The van der Waals surface area contributed by atoms with E-state index in [-0.39, 0.29) is 5.91 Å². The second-order valence-electron chi connectivity index (χ2n) is 7.90. The Labute approximate surface area is 183 Å². The Hall–Kier alpha value is -3.54. The summed E-state index contributed by atoms with van der Waals surface area (Å²) in [4.78, 5) is 27.8. The Bertz CT molecular complexity index is 1030. The average molecular weight is 414 g/mol. The number of anilines is 2. The van der Waals surface area contributed by atoms with Crippen molar-refractivity contribution >= 4 is 23.6 Å². The number of hydrogen-bond donors (Lipinski definition) is 1. The molecule has 2 aromatic heterocycles. The zero-order chi connectivity index (χ0) is 21.5. The van der Waals surface area contributed by atoms with Crippen molar-refractivity contribution in [1.29, 1.82) is 0 Å². The highest BCUT2D eigenvalue weighted by atomic mass is 16.2. The van der Waals surface area contributed by atoms with Crippen LogP contribution in [0.2, 0.25) is 0 Å². The largest absolute Gasteiger partial charge is 0.339 e. The van der Waals surface area contributed by atoms with Crippen molar-refractivity contribution in [3.8, 4) is 0 Å². The maximum Gasteiger partial charge on any atom is 0.246 e. The average Bonchev–Trinajstić information content (AvgIpc) is 2.81. The molecule has 0 saturated carbocycles. The lowest BCUT2D eigenvalue weighted by Gasteiger charge is -2.31. The topological polar surface area (TPSA) is 71.0 Å². The van der Waals surface area contributed by atoms with E-state index in [2.05, 4.69) is 20.3 Å². The number of amides is 1. The molecule has 0 aliphatic carbocycles. The van der Waals surface area contributed by atoms with Crippen LogP contribution < -0.4 is 5.32 Å². The molecule has 1 aliphatic rings. The molecule has 1 N–H and O–H groups in total. The molecule has 0 bridgehead atoms. The number of likely N-dealkylation sites (tertiary alicyclic amines) is 1. The van der Waals surface area contributed by atoms with E-state index in [1.165, 1.54) is 0 Å². The van der Waals surface area contributed by atoms with Crippen LogP contribution in [0.5, 0.6) is 0 Å². The molecular formula is C25H27N5O. The van der Waals surface area contributed by atoms with Crippen LogP contribution in [0.15, 0.2) is 67.1 Å². The fourth-order valence-corrected chi connectivity index (χ4v) is 3.75. The number of carbonyl (C=O) groups is 1. The lowest BCUT2D eigenvalue weighted by molar-refractivity contribution is -0.127. The summed E-state index contributed by atoms with van der Waals surface area (Å²) < 4.78 is 0. The van der Waals surface area contributed by atoms with E-state index in [0.29, 0.717) is 11.7 Å². The van der Waals surface area contributed by atoms with Gasteiger partial charge in [-0.3, -0.25) is 9.78 Å². The zero-order valence-corrected chi connectivity index (χ0v) is 17.7. The van der Waals surface area contributed by atoms with Crippen molar-refractivity contribution in [3.05, 3.63) is 84.0 Å². The highest BCUT2D eigenvalue weighted by Gasteiger charge is 2.22. The fourth-order valence-electron chi connectivity index (χ4n) is 3.75. The third kappa shape index (κ3) is 5.75. The first-order valence-electron chi connectivity index (χ1n) is 10.7. The third-order valence-corrected chi connectivity index (χ3v) is 5.60. The number of aryl methyl sites for hydroxylation is 1. The van der Waals surface area contributed by atoms with Crippen molar-refractivity contribution in [2.75, 3.05) is 18.4 Å². The molecule has 0 radical (unpaired) electrons. The molecule has 158 valence electrons. The van der Waals surface area contributed by atoms with Gasteiger partial charge in [-0.2, -0.15) is 0 Å². The van der Waals surface area contributed by atoms with Gasteiger partial charge in [0.15, 0.2) is 0 Å². The van der Waals surface area contributed by atoms with Gasteiger partial charge in [0.1, 0.15) is 11.6 Å². The van der Waals surface area contributed by atoms with Gasteiger partial charge >= 0.3 is 0 Å². The van der Waals surface area contributed by atoms with E-state index in [1.54, 1.807) is 18.5 Å². The summed E-state index contributed by atoms with van der Waals surface area (Å²) in [5.41, 5.74) is 3.09. The summed E-state index contributed by atoms with van der Waals surface area (Å²) in [7, 11) is 0. The summed E-state index contributed by atoms with van der Waals surface area (Å²) >= 11 is 0. The van der Waals surface area contributed by atoms with Crippen LogP contribution in [0.4, 0.5) is 11.6 Å². The molecular weight excluding hydrogens is 386 g/mol. The standard InChI is InChI=1S/C25H27N5O/c1-19-6-5-13-26-25(19)29-23-18-27-22(17-28-23)16-21-11-14-30(15-12-21)24(31)10-9-20-7-3-2-4-8-20/h2-10,13,17-18,21H,11-12,14-16H2,1H3,(H,26,28,29). The van der Waals surface area contributed by atoms with Gasteiger partial charge in [0.25, 0.3) is 0 Å². The van der Waals surface area contributed by atoms with E-state index < -0.39 is 0 Å². The molecule has 6 nitrogen and oxygen atoms in total. The monoisotopic (exact) mass is 413 g/mol.